The van der Waals surface area contributed by atoms with Crippen molar-refractivity contribution in [2.24, 2.45) is 0 Å². The molecule has 2 atom stereocenters. The van der Waals surface area contributed by atoms with E-state index < -0.39 is 29.6 Å². The first-order valence-electron chi connectivity index (χ1n) is 4.59. The Bertz CT molecular complexity index is 247. The maximum absolute atomic E-state index is 11.3. The van der Waals surface area contributed by atoms with Gasteiger partial charge in [0.25, 0.3) is 11.8 Å². The van der Waals surface area contributed by atoms with Crippen molar-refractivity contribution in [2.45, 2.75) is 38.5 Å². The van der Waals surface area contributed by atoms with E-state index in [0.29, 0.717) is 0 Å². The van der Waals surface area contributed by atoms with Gasteiger partial charge >= 0.3 is 0 Å². The summed E-state index contributed by atoms with van der Waals surface area (Å²) in [7, 11) is 1.31. The quantitative estimate of drug-likeness (QED) is 0.457. The standard InChI is InChI=1S/C9H18N2O4/c1-9(2,3)11-8(15)6(13)5(12)7(14)10-4/h5-6,12-13H,1-4H3,(H,10,14)(H,11,15). The molecule has 6 heteroatoms. The van der Waals surface area contributed by atoms with Crippen LogP contribution in [0.25, 0.3) is 0 Å². The molecule has 0 aromatic heterocycles. The Morgan fingerprint density at radius 1 is 1.07 bits per heavy atom. The predicted molar refractivity (Wildman–Crippen MR) is 54.0 cm³/mol. The van der Waals surface area contributed by atoms with Gasteiger partial charge in [-0.15, -0.1) is 0 Å². The van der Waals surface area contributed by atoms with Crippen molar-refractivity contribution >= 4 is 11.8 Å². The Balaban J connectivity index is 4.39. The number of carbonyl (C=O) groups is 2. The Kier molecular flexibility index (Phi) is 4.70. The van der Waals surface area contributed by atoms with Gasteiger partial charge in [0.05, 0.1) is 0 Å². The van der Waals surface area contributed by atoms with Crippen LogP contribution in [-0.2, 0) is 9.59 Å². The maximum atomic E-state index is 11.3. The highest BCUT2D eigenvalue weighted by molar-refractivity contribution is 5.90. The molecule has 0 aliphatic rings. The van der Waals surface area contributed by atoms with Crippen LogP contribution in [0.15, 0.2) is 0 Å². The predicted octanol–water partition coefficient (Wildman–Crippen LogP) is -1.63. The number of aliphatic hydroxyl groups is 2. The van der Waals surface area contributed by atoms with Gasteiger partial charge in [0.1, 0.15) is 0 Å². The molecule has 15 heavy (non-hydrogen) atoms. The summed E-state index contributed by atoms with van der Waals surface area (Å²) >= 11 is 0. The lowest BCUT2D eigenvalue weighted by Crippen LogP contribution is -2.53. The molecule has 4 N–H and O–H groups in total. The zero-order valence-electron chi connectivity index (χ0n) is 9.37. The molecule has 2 unspecified atom stereocenters. The normalized spacial score (nSPS) is 15.3. The van der Waals surface area contributed by atoms with Crippen molar-refractivity contribution in [3.63, 3.8) is 0 Å². The Hall–Kier alpha value is -1.14. The first-order chi connectivity index (χ1) is 6.69. The minimum absolute atomic E-state index is 0.527. The van der Waals surface area contributed by atoms with E-state index in [0.717, 1.165) is 0 Å². The van der Waals surface area contributed by atoms with E-state index in [-0.39, 0.29) is 0 Å². The number of amides is 2. The number of nitrogens with one attached hydrogen (secondary N) is 2. The van der Waals surface area contributed by atoms with Crippen molar-refractivity contribution in [2.75, 3.05) is 7.05 Å². The van der Waals surface area contributed by atoms with Crippen molar-refractivity contribution < 1.29 is 19.8 Å². The number of aliphatic hydroxyl groups excluding tert-OH is 2. The van der Waals surface area contributed by atoms with E-state index in [1.807, 2.05) is 0 Å². The monoisotopic (exact) mass is 218 g/mol. The van der Waals surface area contributed by atoms with E-state index in [9.17, 15) is 19.8 Å². The van der Waals surface area contributed by atoms with Gasteiger partial charge < -0.3 is 20.8 Å². The van der Waals surface area contributed by atoms with Crippen LogP contribution in [0.5, 0.6) is 0 Å². The van der Waals surface area contributed by atoms with E-state index >= 15 is 0 Å². The number of hydrogen-bond acceptors (Lipinski definition) is 4. The fourth-order valence-electron chi connectivity index (χ4n) is 0.878. The molecule has 0 aliphatic heterocycles. The van der Waals surface area contributed by atoms with E-state index in [1.54, 1.807) is 20.8 Å². The van der Waals surface area contributed by atoms with Gasteiger partial charge in [-0.25, -0.2) is 0 Å². The summed E-state index contributed by atoms with van der Waals surface area (Å²) in [4.78, 5) is 22.2. The molecule has 0 saturated heterocycles. The highest BCUT2D eigenvalue weighted by Gasteiger charge is 2.31. The largest absolute Gasteiger partial charge is 0.380 e. The second kappa shape index (κ2) is 5.09. The summed E-state index contributed by atoms with van der Waals surface area (Å²) in [6, 6.07) is 0. The lowest BCUT2D eigenvalue weighted by Gasteiger charge is -2.24. The molecule has 2 amide bonds. The number of likely N-dealkylation sites (N-methyl/N-ethyl adjacent to an activating group) is 1. The van der Waals surface area contributed by atoms with E-state index in [4.69, 9.17) is 0 Å². The minimum atomic E-state index is -1.76. The smallest absolute Gasteiger partial charge is 0.252 e. The Labute approximate surface area is 88.7 Å². The maximum Gasteiger partial charge on any atom is 0.252 e. The zero-order valence-corrected chi connectivity index (χ0v) is 9.37. The van der Waals surface area contributed by atoms with Gasteiger partial charge in [-0.1, -0.05) is 0 Å². The molecular formula is C9H18N2O4. The topological polar surface area (TPSA) is 98.7 Å². The molecule has 6 nitrogen and oxygen atoms in total. The first-order valence-corrected chi connectivity index (χ1v) is 4.59. The lowest BCUT2D eigenvalue weighted by molar-refractivity contribution is -0.146. The second-order valence-electron chi connectivity index (χ2n) is 4.24. The summed E-state index contributed by atoms with van der Waals surface area (Å²) in [5, 5.41) is 23.1. The average Bonchev–Trinajstić information content (AvgIpc) is 2.11. The van der Waals surface area contributed by atoms with Crippen molar-refractivity contribution in [1.82, 2.24) is 10.6 Å². The van der Waals surface area contributed by atoms with Gasteiger partial charge in [-0.2, -0.15) is 0 Å². The number of rotatable bonds is 3. The van der Waals surface area contributed by atoms with Crippen LogP contribution in [0.3, 0.4) is 0 Å². The third-order valence-corrected chi connectivity index (χ3v) is 1.58. The average molecular weight is 218 g/mol. The van der Waals surface area contributed by atoms with Crippen LogP contribution in [0, 0.1) is 0 Å². The summed E-state index contributed by atoms with van der Waals surface area (Å²) in [6.45, 7) is 5.18. The molecule has 0 radical (unpaired) electrons. The van der Waals surface area contributed by atoms with Crippen LogP contribution in [0.2, 0.25) is 0 Å². The van der Waals surface area contributed by atoms with Crippen LogP contribution in [-0.4, -0.2) is 46.8 Å². The third kappa shape index (κ3) is 4.75. The highest BCUT2D eigenvalue weighted by atomic mass is 16.3. The van der Waals surface area contributed by atoms with E-state index in [2.05, 4.69) is 10.6 Å². The van der Waals surface area contributed by atoms with Crippen LogP contribution < -0.4 is 10.6 Å². The number of carbonyl (C=O) groups excluding carboxylic acids is 2. The summed E-state index contributed by atoms with van der Waals surface area (Å²) in [5.41, 5.74) is -0.527. The van der Waals surface area contributed by atoms with Gasteiger partial charge in [0.2, 0.25) is 0 Å². The van der Waals surface area contributed by atoms with Crippen LogP contribution >= 0.6 is 0 Å². The van der Waals surface area contributed by atoms with Gasteiger partial charge in [-0.3, -0.25) is 9.59 Å². The molecule has 0 spiro atoms. The molecule has 0 aliphatic carbocycles. The van der Waals surface area contributed by atoms with Gasteiger partial charge in [-0.05, 0) is 20.8 Å². The second-order valence-corrected chi connectivity index (χ2v) is 4.24. The van der Waals surface area contributed by atoms with Crippen LogP contribution in [0.4, 0.5) is 0 Å². The highest BCUT2D eigenvalue weighted by Crippen LogP contribution is 2.01. The molecule has 0 aromatic rings. The molecule has 0 heterocycles. The van der Waals surface area contributed by atoms with Gasteiger partial charge in [0.15, 0.2) is 12.2 Å². The fourth-order valence-corrected chi connectivity index (χ4v) is 0.878. The van der Waals surface area contributed by atoms with Crippen molar-refractivity contribution in [1.29, 1.82) is 0 Å². The third-order valence-electron chi connectivity index (χ3n) is 1.58. The minimum Gasteiger partial charge on any atom is -0.380 e. The SMILES string of the molecule is CNC(=O)C(O)C(O)C(=O)NC(C)(C)C. The molecule has 0 aromatic carbocycles. The van der Waals surface area contributed by atoms with E-state index in [1.165, 1.54) is 7.05 Å². The zero-order chi connectivity index (χ0) is 12.2. The van der Waals surface area contributed by atoms with Crippen molar-refractivity contribution in [3.8, 4) is 0 Å². The van der Waals surface area contributed by atoms with Crippen LogP contribution in [0.1, 0.15) is 20.8 Å². The molecule has 88 valence electrons. The molecular weight excluding hydrogens is 200 g/mol. The first kappa shape index (κ1) is 13.9. The molecule has 0 fully saturated rings. The Morgan fingerprint density at radius 2 is 1.47 bits per heavy atom. The lowest BCUT2D eigenvalue weighted by atomic mass is 10.1. The molecule has 0 bridgehead atoms. The van der Waals surface area contributed by atoms with Gasteiger partial charge in [0, 0.05) is 12.6 Å². The summed E-state index contributed by atoms with van der Waals surface area (Å²) < 4.78 is 0. The fraction of sp³-hybridized carbons (Fsp3) is 0.778. The Morgan fingerprint density at radius 3 is 1.80 bits per heavy atom. The summed E-state index contributed by atoms with van der Waals surface area (Å²) in [5.74, 6) is -1.58. The summed E-state index contributed by atoms with van der Waals surface area (Å²) in [6.07, 6.45) is -3.51. The number of hydrogen-bond donors (Lipinski definition) is 4. The van der Waals surface area contributed by atoms with Crippen molar-refractivity contribution in [3.05, 3.63) is 0 Å². The molecule has 0 saturated carbocycles. The molecule has 0 rings (SSSR count).